The third-order valence-corrected chi connectivity index (χ3v) is 3.40. The van der Waals surface area contributed by atoms with Gasteiger partial charge in [0.25, 0.3) is 5.91 Å². The van der Waals surface area contributed by atoms with E-state index in [9.17, 15) is 4.79 Å². The Balaban J connectivity index is 2.13. The number of aryl methyl sites for hydroxylation is 1. The van der Waals surface area contributed by atoms with Gasteiger partial charge in [0.15, 0.2) is 0 Å². The van der Waals surface area contributed by atoms with E-state index < -0.39 is 0 Å². The SMILES string of the molecule is Cc1ncc(C(=O)NC2CCNCC2)c(C(C)C)n1. The number of hydrogen-bond acceptors (Lipinski definition) is 4. The van der Waals surface area contributed by atoms with Gasteiger partial charge in [-0.05, 0) is 38.8 Å². The predicted octanol–water partition coefficient (Wildman–Crippen LogP) is 1.39. The maximum absolute atomic E-state index is 12.3. The summed E-state index contributed by atoms with van der Waals surface area (Å²) in [6.07, 6.45) is 3.61. The average molecular weight is 262 g/mol. The Kier molecular flexibility index (Phi) is 4.47. The first kappa shape index (κ1) is 13.9. The van der Waals surface area contributed by atoms with E-state index >= 15 is 0 Å². The number of hydrogen-bond donors (Lipinski definition) is 2. The highest BCUT2D eigenvalue weighted by atomic mass is 16.1. The highest BCUT2D eigenvalue weighted by molar-refractivity contribution is 5.95. The molecule has 5 nitrogen and oxygen atoms in total. The Morgan fingerprint density at radius 3 is 2.74 bits per heavy atom. The molecule has 19 heavy (non-hydrogen) atoms. The fraction of sp³-hybridized carbons (Fsp3) is 0.643. The van der Waals surface area contributed by atoms with Gasteiger partial charge >= 0.3 is 0 Å². The summed E-state index contributed by atoms with van der Waals surface area (Å²) in [5.41, 5.74) is 1.44. The van der Waals surface area contributed by atoms with Crippen LogP contribution in [0, 0.1) is 6.92 Å². The number of piperidine rings is 1. The van der Waals surface area contributed by atoms with Crippen LogP contribution in [-0.4, -0.2) is 35.0 Å². The molecule has 2 rings (SSSR count). The predicted molar refractivity (Wildman–Crippen MR) is 74.2 cm³/mol. The Morgan fingerprint density at radius 2 is 2.11 bits per heavy atom. The van der Waals surface area contributed by atoms with Crippen molar-refractivity contribution in [3.63, 3.8) is 0 Å². The van der Waals surface area contributed by atoms with Gasteiger partial charge in [-0.15, -0.1) is 0 Å². The zero-order chi connectivity index (χ0) is 13.8. The summed E-state index contributed by atoms with van der Waals surface area (Å²) in [6, 6.07) is 0.259. The molecule has 0 atom stereocenters. The van der Waals surface area contributed by atoms with Crippen LogP contribution in [0.2, 0.25) is 0 Å². The minimum atomic E-state index is -0.0457. The molecule has 1 aromatic rings. The highest BCUT2D eigenvalue weighted by Gasteiger charge is 2.20. The van der Waals surface area contributed by atoms with Crippen molar-refractivity contribution in [1.82, 2.24) is 20.6 Å². The van der Waals surface area contributed by atoms with E-state index in [4.69, 9.17) is 0 Å². The topological polar surface area (TPSA) is 66.9 Å². The molecule has 0 aromatic carbocycles. The normalized spacial score (nSPS) is 16.6. The van der Waals surface area contributed by atoms with Gasteiger partial charge in [-0.25, -0.2) is 9.97 Å². The molecule has 1 aromatic heterocycles. The van der Waals surface area contributed by atoms with Crippen molar-refractivity contribution < 1.29 is 4.79 Å². The van der Waals surface area contributed by atoms with Crippen LogP contribution in [0.5, 0.6) is 0 Å². The van der Waals surface area contributed by atoms with Crippen LogP contribution in [-0.2, 0) is 0 Å². The quantitative estimate of drug-likeness (QED) is 0.864. The fourth-order valence-electron chi connectivity index (χ4n) is 2.33. The van der Waals surface area contributed by atoms with E-state index in [0.29, 0.717) is 11.4 Å². The lowest BCUT2D eigenvalue weighted by molar-refractivity contribution is 0.0927. The lowest BCUT2D eigenvalue weighted by atomic mass is 10.0. The molecule has 0 unspecified atom stereocenters. The summed E-state index contributed by atoms with van der Waals surface area (Å²) >= 11 is 0. The van der Waals surface area contributed by atoms with Crippen molar-refractivity contribution in [1.29, 1.82) is 0 Å². The minimum Gasteiger partial charge on any atom is -0.349 e. The smallest absolute Gasteiger partial charge is 0.254 e. The van der Waals surface area contributed by atoms with Gasteiger partial charge in [0, 0.05) is 12.2 Å². The molecule has 104 valence electrons. The molecule has 1 saturated heterocycles. The summed E-state index contributed by atoms with van der Waals surface area (Å²) in [6.45, 7) is 7.87. The van der Waals surface area contributed by atoms with Gasteiger partial charge in [0.1, 0.15) is 5.82 Å². The molecule has 0 saturated carbocycles. The molecule has 1 fully saturated rings. The Hall–Kier alpha value is -1.49. The molecule has 5 heteroatoms. The zero-order valence-electron chi connectivity index (χ0n) is 11.9. The third kappa shape index (κ3) is 3.50. The fourth-order valence-corrected chi connectivity index (χ4v) is 2.33. The lowest BCUT2D eigenvalue weighted by Gasteiger charge is -2.24. The van der Waals surface area contributed by atoms with Crippen LogP contribution >= 0.6 is 0 Å². The van der Waals surface area contributed by atoms with E-state index in [2.05, 4.69) is 20.6 Å². The maximum atomic E-state index is 12.3. The van der Waals surface area contributed by atoms with Crippen LogP contribution in [0.15, 0.2) is 6.20 Å². The summed E-state index contributed by atoms with van der Waals surface area (Å²) in [4.78, 5) is 20.9. The van der Waals surface area contributed by atoms with Crippen molar-refractivity contribution in [3.8, 4) is 0 Å². The van der Waals surface area contributed by atoms with E-state index in [1.807, 2.05) is 20.8 Å². The first-order valence-electron chi connectivity index (χ1n) is 6.93. The van der Waals surface area contributed by atoms with Crippen molar-refractivity contribution in [3.05, 3.63) is 23.3 Å². The van der Waals surface area contributed by atoms with Crippen LogP contribution in [0.25, 0.3) is 0 Å². The second-order valence-corrected chi connectivity index (χ2v) is 5.37. The van der Waals surface area contributed by atoms with Gasteiger partial charge in [-0.2, -0.15) is 0 Å². The summed E-state index contributed by atoms with van der Waals surface area (Å²) < 4.78 is 0. The molecule has 1 amide bonds. The number of aromatic nitrogens is 2. The van der Waals surface area contributed by atoms with Crippen LogP contribution in [0.4, 0.5) is 0 Å². The Morgan fingerprint density at radius 1 is 1.42 bits per heavy atom. The van der Waals surface area contributed by atoms with Crippen molar-refractivity contribution in [2.24, 2.45) is 0 Å². The second-order valence-electron chi connectivity index (χ2n) is 5.37. The highest BCUT2D eigenvalue weighted by Crippen LogP contribution is 2.17. The molecular weight excluding hydrogens is 240 g/mol. The molecule has 1 aliphatic heterocycles. The van der Waals surface area contributed by atoms with Gasteiger partial charge in [-0.1, -0.05) is 13.8 Å². The number of nitrogens with one attached hydrogen (secondary N) is 2. The average Bonchev–Trinajstić information content (AvgIpc) is 2.39. The van der Waals surface area contributed by atoms with Gasteiger partial charge in [-0.3, -0.25) is 4.79 Å². The summed E-state index contributed by atoms with van der Waals surface area (Å²) in [5.74, 6) is 0.883. The molecule has 0 aliphatic carbocycles. The standard InChI is InChI=1S/C14H22N4O/c1-9(2)13-12(8-16-10(3)17-13)14(19)18-11-4-6-15-7-5-11/h8-9,11,15H,4-7H2,1-3H3,(H,18,19). The molecule has 0 bridgehead atoms. The molecular formula is C14H22N4O. The van der Waals surface area contributed by atoms with E-state index in [1.165, 1.54) is 0 Å². The van der Waals surface area contributed by atoms with Gasteiger partial charge in [0.05, 0.1) is 11.3 Å². The maximum Gasteiger partial charge on any atom is 0.254 e. The largest absolute Gasteiger partial charge is 0.349 e. The van der Waals surface area contributed by atoms with E-state index in [1.54, 1.807) is 6.20 Å². The number of carbonyl (C=O) groups excluding carboxylic acids is 1. The number of amides is 1. The van der Waals surface area contributed by atoms with Crippen LogP contribution < -0.4 is 10.6 Å². The number of nitrogens with zero attached hydrogens (tertiary/aromatic N) is 2. The van der Waals surface area contributed by atoms with Gasteiger partial charge < -0.3 is 10.6 Å². The molecule has 2 heterocycles. The number of carbonyl (C=O) groups is 1. The Labute approximate surface area is 114 Å². The lowest BCUT2D eigenvalue weighted by Crippen LogP contribution is -2.43. The summed E-state index contributed by atoms with van der Waals surface area (Å²) in [7, 11) is 0. The zero-order valence-corrected chi connectivity index (χ0v) is 11.9. The monoisotopic (exact) mass is 262 g/mol. The van der Waals surface area contributed by atoms with E-state index in [0.717, 1.165) is 31.6 Å². The molecule has 0 spiro atoms. The van der Waals surface area contributed by atoms with E-state index in [-0.39, 0.29) is 17.9 Å². The summed E-state index contributed by atoms with van der Waals surface area (Å²) in [5, 5.41) is 6.38. The second kappa shape index (κ2) is 6.10. The number of rotatable bonds is 3. The Bertz CT molecular complexity index is 453. The van der Waals surface area contributed by atoms with Crippen molar-refractivity contribution in [2.45, 2.75) is 45.6 Å². The van der Waals surface area contributed by atoms with Crippen molar-refractivity contribution in [2.75, 3.05) is 13.1 Å². The molecule has 2 N–H and O–H groups in total. The third-order valence-electron chi connectivity index (χ3n) is 3.40. The minimum absolute atomic E-state index is 0.0457. The molecule has 0 radical (unpaired) electrons. The van der Waals surface area contributed by atoms with Crippen LogP contribution in [0.1, 0.15) is 54.5 Å². The first-order chi connectivity index (χ1) is 9.08. The van der Waals surface area contributed by atoms with Crippen LogP contribution in [0.3, 0.4) is 0 Å². The van der Waals surface area contributed by atoms with Gasteiger partial charge in [0.2, 0.25) is 0 Å². The molecule has 1 aliphatic rings. The van der Waals surface area contributed by atoms with Crippen molar-refractivity contribution >= 4 is 5.91 Å². The first-order valence-corrected chi connectivity index (χ1v) is 6.93.